The number of nitrogens with zero attached hydrogens (tertiary/aromatic N) is 4. The number of rotatable bonds is 4. The Morgan fingerprint density at radius 2 is 2.08 bits per heavy atom. The van der Waals surface area contributed by atoms with Gasteiger partial charge in [-0.15, -0.1) is 5.10 Å². The fraction of sp³-hybridized carbons (Fsp3) is 0.444. The molecular weight excluding hydrogens is 354 g/mol. The molecule has 1 aromatic carbocycles. The van der Waals surface area contributed by atoms with Gasteiger partial charge in [0.1, 0.15) is 6.07 Å². The van der Waals surface area contributed by atoms with Gasteiger partial charge >= 0.3 is 6.01 Å². The Hall–Kier alpha value is -2.59. The number of halogens is 1. The van der Waals surface area contributed by atoms with E-state index in [0.29, 0.717) is 21.6 Å². The molecule has 134 valence electrons. The van der Waals surface area contributed by atoms with Crippen LogP contribution in [0.1, 0.15) is 31.2 Å². The van der Waals surface area contributed by atoms with E-state index in [4.69, 9.17) is 21.3 Å². The molecule has 1 aromatic heterocycles. The van der Waals surface area contributed by atoms with Gasteiger partial charge in [-0.3, -0.25) is 4.79 Å². The van der Waals surface area contributed by atoms with Crippen LogP contribution in [-0.4, -0.2) is 40.6 Å². The van der Waals surface area contributed by atoms with Crippen LogP contribution in [0.4, 0.5) is 6.01 Å². The first kappa shape index (κ1) is 16.9. The van der Waals surface area contributed by atoms with E-state index in [1.165, 1.54) is 12.8 Å². The molecule has 1 aliphatic carbocycles. The molecule has 1 amide bonds. The average molecular weight is 372 g/mol. The third kappa shape index (κ3) is 3.37. The lowest BCUT2D eigenvalue weighted by molar-refractivity contribution is -0.130. The SMILES string of the molecule is N#Cc1cc(-c2nnc(NCC(=O)N3CCC4(CC3)CC4)o2)ccc1Cl. The van der Waals surface area contributed by atoms with Crippen LogP contribution in [-0.2, 0) is 4.79 Å². The van der Waals surface area contributed by atoms with Gasteiger partial charge in [0.2, 0.25) is 11.8 Å². The third-order valence-corrected chi connectivity index (χ3v) is 5.61. The lowest BCUT2D eigenvalue weighted by atomic mass is 9.94. The lowest BCUT2D eigenvalue weighted by Crippen LogP contribution is -2.41. The van der Waals surface area contributed by atoms with Gasteiger partial charge in [0.25, 0.3) is 0 Å². The molecule has 2 aliphatic rings. The first-order valence-electron chi connectivity index (χ1n) is 8.64. The van der Waals surface area contributed by atoms with Gasteiger partial charge < -0.3 is 14.6 Å². The summed E-state index contributed by atoms with van der Waals surface area (Å²) < 4.78 is 5.53. The molecule has 0 bridgehead atoms. The number of nitriles is 1. The number of anilines is 1. The van der Waals surface area contributed by atoms with Crippen molar-refractivity contribution in [2.45, 2.75) is 25.7 Å². The molecule has 1 saturated heterocycles. The molecule has 7 nitrogen and oxygen atoms in total. The topological polar surface area (TPSA) is 95.0 Å². The van der Waals surface area contributed by atoms with E-state index < -0.39 is 0 Å². The van der Waals surface area contributed by atoms with Crippen molar-refractivity contribution in [2.24, 2.45) is 5.41 Å². The van der Waals surface area contributed by atoms with E-state index in [2.05, 4.69) is 15.5 Å². The molecule has 0 atom stereocenters. The maximum atomic E-state index is 12.3. The Bertz CT molecular complexity index is 874. The molecule has 8 heteroatoms. The molecule has 1 N–H and O–H groups in total. The summed E-state index contributed by atoms with van der Waals surface area (Å²) in [5, 5.41) is 20.2. The van der Waals surface area contributed by atoms with Gasteiger partial charge in [-0.05, 0) is 49.3 Å². The zero-order chi connectivity index (χ0) is 18.1. The van der Waals surface area contributed by atoms with Crippen molar-refractivity contribution in [3.05, 3.63) is 28.8 Å². The first-order valence-corrected chi connectivity index (χ1v) is 9.02. The summed E-state index contributed by atoms with van der Waals surface area (Å²) in [6.45, 7) is 1.79. The zero-order valence-electron chi connectivity index (χ0n) is 14.2. The van der Waals surface area contributed by atoms with Crippen LogP contribution in [0.5, 0.6) is 0 Å². The van der Waals surface area contributed by atoms with Gasteiger partial charge in [0.05, 0.1) is 17.1 Å². The van der Waals surface area contributed by atoms with Crippen molar-refractivity contribution in [2.75, 3.05) is 25.0 Å². The molecule has 0 unspecified atom stereocenters. The smallest absolute Gasteiger partial charge is 0.316 e. The van der Waals surface area contributed by atoms with E-state index in [9.17, 15) is 4.79 Å². The van der Waals surface area contributed by atoms with Gasteiger partial charge in [-0.1, -0.05) is 16.7 Å². The molecule has 2 aromatic rings. The number of carbonyl (C=O) groups excluding carboxylic acids is 1. The number of hydrogen-bond donors (Lipinski definition) is 1. The number of benzene rings is 1. The monoisotopic (exact) mass is 371 g/mol. The van der Waals surface area contributed by atoms with Crippen molar-refractivity contribution < 1.29 is 9.21 Å². The van der Waals surface area contributed by atoms with Crippen molar-refractivity contribution in [3.8, 4) is 17.5 Å². The van der Waals surface area contributed by atoms with E-state index in [-0.39, 0.29) is 24.4 Å². The highest BCUT2D eigenvalue weighted by molar-refractivity contribution is 6.31. The maximum absolute atomic E-state index is 12.3. The maximum Gasteiger partial charge on any atom is 0.316 e. The molecular formula is C18H18ClN5O2. The second-order valence-electron chi connectivity index (χ2n) is 6.95. The van der Waals surface area contributed by atoms with E-state index >= 15 is 0 Å². The largest absolute Gasteiger partial charge is 0.403 e. The van der Waals surface area contributed by atoms with Crippen molar-refractivity contribution >= 4 is 23.5 Å². The Kier molecular flexibility index (Phi) is 4.29. The minimum absolute atomic E-state index is 0.0403. The average Bonchev–Trinajstić information content (AvgIpc) is 3.24. The molecule has 1 saturated carbocycles. The Labute approximate surface area is 155 Å². The number of amides is 1. The number of carbonyl (C=O) groups is 1. The highest BCUT2D eigenvalue weighted by Crippen LogP contribution is 2.53. The van der Waals surface area contributed by atoms with Crippen molar-refractivity contribution in [3.63, 3.8) is 0 Å². The fourth-order valence-corrected chi connectivity index (χ4v) is 3.49. The summed E-state index contributed by atoms with van der Waals surface area (Å²) in [4.78, 5) is 14.2. The highest BCUT2D eigenvalue weighted by Gasteiger charge is 2.44. The second kappa shape index (κ2) is 6.61. The number of nitrogens with one attached hydrogen (secondary N) is 1. The molecule has 26 heavy (non-hydrogen) atoms. The zero-order valence-corrected chi connectivity index (χ0v) is 14.9. The molecule has 2 heterocycles. The normalized spacial score (nSPS) is 17.8. The van der Waals surface area contributed by atoms with Crippen molar-refractivity contribution in [1.29, 1.82) is 5.26 Å². The van der Waals surface area contributed by atoms with Gasteiger partial charge in [-0.25, -0.2) is 0 Å². The van der Waals surface area contributed by atoms with E-state index in [1.807, 2.05) is 11.0 Å². The first-order chi connectivity index (χ1) is 12.6. The number of piperidine rings is 1. The summed E-state index contributed by atoms with van der Waals surface area (Å²) in [6.07, 6.45) is 4.86. The summed E-state index contributed by atoms with van der Waals surface area (Å²) >= 11 is 5.93. The van der Waals surface area contributed by atoms with E-state index in [1.54, 1.807) is 18.2 Å². The van der Waals surface area contributed by atoms with Crippen LogP contribution in [0.25, 0.3) is 11.5 Å². The Balaban J connectivity index is 1.35. The van der Waals surface area contributed by atoms with Gasteiger partial charge in [0, 0.05) is 18.7 Å². The Morgan fingerprint density at radius 3 is 2.77 bits per heavy atom. The molecule has 0 radical (unpaired) electrons. The van der Waals surface area contributed by atoms with Crippen LogP contribution in [0.3, 0.4) is 0 Å². The van der Waals surface area contributed by atoms with Crippen LogP contribution in [0.15, 0.2) is 22.6 Å². The highest BCUT2D eigenvalue weighted by atomic mass is 35.5. The minimum Gasteiger partial charge on any atom is -0.403 e. The lowest BCUT2D eigenvalue weighted by Gasteiger charge is -2.32. The van der Waals surface area contributed by atoms with Crippen LogP contribution in [0, 0.1) is 16.7 Å². The second-order valence-corrected chi connectivity index (χ2v) is 7.36. The predicted octanol–water partition coefficient (Wildman–Crippen LogP) is 3.08. The van der Waals surface area contributed by atoms with Crippen LogP contribution in [0.2, 0.25) is 5.02 Å². The quantitative estimate of drug-likeness (QED) is 0.887. The summed E-state index contributed by atoms with van der Waals surface area (Å²) in [7, 11) is 0. The number of aromatic nitrogens is 2. The molecule has 1 spiro atoms. The van der Waals surface area contributed by atoms with E-state index in [0.717, 1.165) is 25.9 Å². The number of hydrogen-bond acceptors (Lipinski definition) is 6. The third-order valence-electron chi connectivity index (χ3n) is 5.28. The standard InChI is InChI=1S/C18H18ClN5O2/c19-14-2-1-12(9-13(14)10-20)16-22-23-17(26-16)21-11-15(25)24-7-5-18(3-4-18)6-8-24/h1-2,9H,3-8,11H2,(H,21,23). The summed E-state index contributed by atoms with van der Waals surface area (Å²) in [5.74, 6) is 0.306. The Morgan fingerprint density at radius 1 is 1.31 bits per heavy atom. The molecule has 2 fully saturated rings. The predicted molar refractivity (Wildman–Crippen MR) is 95.4 cm³/mol. The van der Waals surface area contributed by atoms with Gasteiger partial charge in [0.15, 0.2) is 0 Å². The van der Waals surface area contributed by atoms with Crippen LogP contribution < -0.4 is 5.32 Å². The summed E-state index contributed by atoms with van der Waals surface area (Å²) in [5.41, 5.74) is 1.49. The molecule has 4 rings (SSSR count). The molecule has 1 aliphatic heterocycles. The van der Waals surface area contributed by atoms with Crippen LogP contribution >= 0.6 is 11.6 Å². The summed E-state index contributed by atoms with van der Waals surface area (Å²) in [6, 6.07) is 7.09. The fourth-order valence-electron chi connectivity index (χ4n) is 3.33. The van der Waals surface area contributed by atoms with Gasteiger partial charge in [-0.2, -0.15) is 5.26 Å². The van der Waals surface area contributed by atoms with Crippen molar-refractivity contribution in [1.82, 2.24) is 15.1 Å². The number of likely N-dealkylation sites (tertiary alicyclic amines) is 1. The minimum atomic E-state index is 0.0403.